The molecule has 27 heavy (non-hydrogen) atoms. The Morgan fingerprint density at radius 3 is 2.44 bits per heavy atom. The number of aliphatic hydroxyl groups excluding tert-OH is 1. The van der Waals surface area contributed by atoms with Gasteiger partial charge in [0.15, 0.2) is 0 Å². The van der Waals surface area contributed by atoms with Crippen LogP contribution >= 0.6 is 0 Å². The maximum atomic E-state index is 10.6. The lowest BCUT2D eigenvalue weighted by Gasteiger charge is -2.36. The number of piperidine rings is 1. The highest BCUT2D eigenvalue weighted by Gasteiger charge is 2.24. The number of likely N-dealkylation sites (N-methyl/N-ethyl adjacent to an activating group) is 1. The van der Waals surface area contributed by atoms with Crippen molar-refractivity contribution >= 4 is 0 Å². The Balaban J connectivity index is 1.38. The minimum absolute atomic E-state index is 0.268. The maximum Gasteiger partial charge on any atom is 0.0793 e. The molecule has 2 aliphatic rings. The lowest BCUT2D eigenvalue weighted by Crippen LogP contribution is -2.45. The number of nitrogens with zero attached hydrogens (tertiary/aromatic N) is 3. The third kappa shape index (κ3) is 7.53. The fourth-order valence-corrected chi connectivity index (χ4v) is 4.83. The van der Waals surface area contributed by atoms with Crippen molar-refractivity contribution in [1.29, 1.82) is 0 Å². The number of rotatable bonds is 8. The normalized spacial score (nSPS) is 24.0. The second kappa shape index (κ2) is 11.2. The molecule has 1 aromatic rings. The molecule has 0 amide bonds. The first-order valence-corrected chi connectivity index (χ1v) is 11.0. The summed E-state index contributed by atoms with van der Waals surface area (Å²) < 4.78 is 0. The largest absolute Gasteiger partial charge is 0.390 e. The summed E-state index contributed by atoms with van der Waals surface area (Å²) in [5.74, 6) is 0.783. The first kappa shape index (κ1) is 20.8. The van der Waals surface area contributed by atoms with E-state index in [9.17, 15) is 5.11 Å². The summed E-state index contributed by atoms with van der Waals surface area (Å²) >= 11 is 0. The molecule has 2 saturated heterocycles. The molecular weight excluding hydrogens is 334 g/mol. The van der Waals surface area contributed by atoms with Gasteiger partial charge in [-0.2, -0.15) is 0 Å². The lowest BCUT2D eigenvalue weighted by atomic mass is 9.97. The molecule has 2 unspecified atom stereocenters. The van der Waals surface area contributed by atoms with Gasteiger partial charge in [-0.25, -0.2) is 0 Å². The molecule has 0 radical (unpaired) electrons. The van der Waals surface area contributed by atoms with Gasteiger partial charge in [0, 0.05) is 32.7 Å². The Hall–Kier alpha value is -0.940. The van der Waals surface area contributed by atoms with Gasteiger partial charge in [0.25, 0.3) is 0 Å². The molecule has 4 heteroatoms. The van der Waals surface area contributed by atoms with Gasteiger partial charge in [0.1, 0.15) is 0 Å². The molecule has 0 bridgehead atoms. The third-order valence-electron chi connectivity index (χ3n) is 6.10. The predicted octanol–water partition coefficient (Wildman–Crippen LogP) is 3.07. The van der Waals surface area contributed by atoms with Crippen molar-refractivity contribution in [2.75, 3.05) is 52.9 Å². The zero-order valence-corrected chi connectivity index (χ0v) is 17.2. The SMILES string of the molecule is CN(Cc1ccccc1)CC(O)CN1CCCC(CN2CCCCCC2)C1. The fraction of sp³-hybridized carbons (Fsp3) is 0.739. The van der Waals surface area contributed by atoms with E-state index in [2.05, 4.69) is 52.1 Å². The highest BCUT2D eigenvalue weighted by Crippen LogP contribution is 2.20. The Morgan fingerprint density at radius 1 is 1.00 bits per heavy atom. The Bertz CT molecular complexity index is 516. The van der Waals surface area contributed by atoms with Crippen LogP contribution in [-0.4, -0.2) is 78.8 Å². The smallest absolute Gasteiger partial charge is 0.0793 e. The van der Waals surface area contributed by atoms with E-state index in [4.69, 9.17) is 0 Å². The zero-order chi connectivity index (χ0) is 18.9. The van der Waals surface area contributed by atoms with E-state index in [1.165, 1.54) is 63.7 Å². The molecule has 2 heterocycles. The van der Waals surface area contributed by atoms with Gasteiger partial charge in [-0.15, -0.1) is 0 Å². The van der Waals surface area contributed by atoms with E-state index in [1.807, 2.05) is 0 Å². The van der Waals surface area contributed by atoms with Crippen LogP contribution in [0.3, 0.4) is 0 Å². The molecule has 1 aromatic carbocycles. The quantitative estimate of drug-likeness (QED) is 0.758. The Kier molecular flexibility index (Phi) is 8.59. The van der Waals surface area contributed by atoms with Crippen LogP contribution in [0.15, 0.2) is 30.3 Å². The minimum Gasteiger partial charge on any atom is -0.390 e. The molecular formula is C23H39N3O. The standard InChI is InChI=1S/C23H39N3O/c1-24(16-21-10-5-4-6-11-21)19-23(27)20-26-15-9-12-22(18-26)17-25-13-7-2-3-8-14-25/h4-6,10-11,22-23,27H,2-3,7-9,12-20H2,1H3. The summed E-state index contributed by atoms with van der Waals surface area (Å²) in [6, 6.07) is 10.5. The Labute approximate surface area is 166 Å². The van der Waals surface area contributed by atoms with Gasteiger partial charge in [0.2, 0.25) is 0 Å². The first-order valence-electron chi connectivity index (χ1n) is 11.0. The number of hydrogen-bond acceptors (Lipinski definition) is 4. The summed E-state index contributed by atoms with van der Waals surface area (Å²) in [6.45, 7) is 8.62. The van der Waals surface area contributed by atoms with Gasteiger partial charge in [-0.05, 0) is 63.8 Å². The summed E-state index contributed by atoms with van der Waals surface area (Å²) in [5, 5.41) is 10.6. The second-order valence-electron chi connectivity index (χ2n) is 8.82. The zero-order valence-electron chi connectivity index (χ0n) is 17.2. The van der Waals surface area contributed by atoms with E-state index in [0.29, 0.717) is 0 Å². The topological polar surface area (TPSA) is 30.0 Å². The number of benzene rings is 1. The number of likely N-dealkylation sites (tertiary alicyclic amines) is 2. The van der Waals surface area contributed by atoms with Crippen LogP contribution in [0, 0.1) is 5.92 Å². The average Bonchev–Trinajstić information content (AvgIpc) is 2.91. The molecule has 0 aromatic heterocycles. The molecule has 2 fully saturated rings. The second-order valence-corrected chi connectivity index (χ2v) is 8.82. The monoisotopic (exact) mass is 373 g/mol. The molecule has 2 aliphatic heterocycles. The average molecular weight is 374 g/mol. The minimum atomic E-state index is -0.268. The van der Waals surface area contributed by atoms with Gasteiger partial charge in [0.05, 0.1) is 6.10 Å². The molecule has 4 nitrogen and oxygen atoms in total. The van der Waals surface area contributed by atoms with Crippen molar-refractivity contribution in [1.82, 2.24) is 14.7 Å². The summed E-state index contributed by atoms with van der Waals surface area (Å²) in [6.07, 6.45) is 7.95. The molecule has 2 atom stereocenters. The van der Waals surface area contributed by atoms with Crippen LogP contribution in [0.5, 0.6) is 0 Å². The van der Waals surface area contributed by atoms with Crippen LogP contribution in [0.1, 0.15) is 44.1 Å². The van der Waals surface area contributed by atoms with Crippen molar-refractivity contribution in [3.05, 3.63) is 35.9 Å². The van der Waals surface area contributed by atoms with E-state index < -0.39 is 0 Å². The van der Waals surface area contributed by atoms with Crippen molar-refractivity contribution < 1.29 is 5.11 Å². The van der Waals surface area contributed by atoms with Gasteiger partial charge < -0.3 is 14.9 Å². The van der Waals surface area contributed by atoms with Crippen LogP contribution in [0.2, 0.25) is 0 Å². The van der Waals surface area contributed by atoms with E-state index in [-0.39, 0.29) is 6.10 Å². The third-order valence-corrected chi connectivity index (χ3v) is 6.10. The number of hydrogen-bond donors (Lipinski definition) is 1. The van der Waals surface area contributed by atoms with Crippen molar-refractivity contribution in [2.24, 2.45) is 5.92 Å². The molecule has 152 valence electrons. The number of aliphatic hydroxyl groups is 1. The predicted molar refractivity (Wildman–Crippen MR) is 113 cm³/mol. The van der Waals surface area contributed by atoms with E-state index in [1.54, 1.807) is 0 Å². The first-order chi connectivity index (χ1) is 13.2. The van der Waals surface area contributed by atoms with Gasteiger partial charge >= 0.3 is 0 Å². The van der Waals surface area contributed by atoms with Gasteiger partial charge in [-0.1, -0.05) is 43.2 Å². The molecule has 0 aliphatic carbocycles. The van der Waals surface area contributed by atoms with Crippen LogP contribution in [0.25, 0.3) is 0 Å². The number of β-amino-alcohol motifs (C(OH)–C–C–N with tert-alkyl or cyclic N) is 1. The fourth-order valence-electron chi connectivity index (χ4n) is 4.83. The van der Waals surface area contributed by atoms with E-state index >= 15 is 0 Å². The van der Waals surface area contributed by atoms with Crippen molar-refractivity contribution in [3.8, 4) is 0 Å². The lowest BCUT2D eigenvalue weighted by molar-refractivity contribution is 0.0550. The van der Waals surface area contributed by atoms with E-state index in [0.717, 1.165) is 38.6 Å². The summed E-state index contributed by atoms with van der Waals surface area (Å²) in [4.78, 5) is 7.44. The highest BCUT2D eigenvalue weighted by atomic mass is 16.3. The van der Waals surface area contributed by atoms with Crippen LogP contribution in [0.4, 0.5) is 0 Å². The van der Waals surface area contributed by atoms with Crippen LogP contribution in [-0.2, 0) is 6.54 Å². The Morgan fingerprint density at radius 2 is 1.70 bits per heavy atom. The van der Waals surface area contributed by atoms with Crippen molar-refractivity contribution in [3.63, 3.8) is 0 Å². The summed E-state index contributed by atoms with van der Waals surface area (Å²) in [7, 11) is 2.11. The highest BCUT2D eigenvalue weighted by molar-refractivity contribution is 5.14. The van der Waals surface area contributed by atoms with Gasteiger partial charge in [-0.3, -0.25) is 4.90 Å². The maximum absolute atomic E-state index is 10.6. The molecule has 0 saturated carbocycles. The van der Waals surface area contributed by atoms with Crippen molar-refractivity contribution in [2.45, 2.75) is 51.2 Å². The molecule has 0 spiro atoms. The summed E-state index contributed by atoms with van der Waals surface area (Å²) in [5.41, 5.74) is 1.31. The molecule has 1 N–H and O–H groups in total. The molecule has 3 rings (SSSR count). The van der Waals surface area contributed by atoms with Crippen LogP contribution < -0.4 is 0 Å².